The predicted octanol–water partition coefficient (Wildman–Crippen LogP) is 2.15. The largest absolute Gasteiger partial charge is 0.324 e. The van der Waals surface area contributed by atoms with Crippen molar-refractivity contribution in [3.05, 3.63) is 36.0 Å². The molecular weight excluding hydrogens is 326 g/mol. The van der Waals surface area contributed by atoms with E-state index in [9.17, 15) is 13.2 Å². The lowest BCUT2D eigenvalue weighted by atomic mass is 9.97. The van der Waals surface area contributed by atoms with Gasteiger partial charge >= 0.3 is 0 Å². The van der Waals surface area contributed by atoms with Gasteiger partial charge in [0.1, 0.15) is 0 Å². The second-order valence-corrected chi connectivity index (χ2v) is 8.24. The number of piperidine rings is 1. The minimum atomic E-state index is -3.18. The van der Waals surface area contributed by atoms with Crippen molar-refractivity contribution < 1.29 is 13.2 Å². The van der Waals surface area contributed by atoms with Gasteiger partial charge in [0.2, 0.25) is 15.9 Å². The normalized spacial score (nSPS) is 17.1. The molecule has 0 aliphatic carbocycles. The molecule has 7 heteroatoms. The number of para-hydroxylation sites is 1. The summed E-state index contributed by atoms with van der Waals surface area (Å²) in [6.45, 7) is 2.70. The highest BCUT2D eigenvalue weighted by atomic mass is 32.2. The standard InChI is InChI=1S/C17H21N3O3S/c1-12-6-7-13-4-3-5-15(16(13)18-12)19-17(21)14-8-10-20(11-9-14)24(2,22)23/h3-7,14H,8-11H2,1-2H3,(H,19,21). The van der Waals surface area contributed by atoms with E-state index in [4.69, 9.17) is 0 Å². The molecule has 0 saturated carbocycles. The van der Waals surface area contributed by atoms with Crippen molar-refractivity contribution in [2.24, 2.45) is 5.92 Å². The highest BCUT2D eigenvalue weighted by Crippen LogP contribution is 2.25. The average Bonchev–Trinajstić information content (AvgIpc) is 2.54. The Labute approximate surface area is 141 Å². The lowest BCUT2D eigenvalue weighted by molar-refractivity contribution is -0.120. The van der Waals surface area contributed by atoms with Gasteiger partial charge in [0.15, 0.2) is 0 Å². The van der Waals surface area contributed by atoms with Crippen LogP contribution in [-0.4, -0.2) is 43.0 Å². The molecule has 1 fully saturated rings. The Bertz CT molecular complexity index is 872. The van der Waals surface area contributed by atoms with Gasteiger partial charge in [0, 0.05) is 30.1 Å². The van der Waals surface area contributed by atoms with Crippen LogP contribution in [0.15, 0.2) is 30.3 Å². The molecule has 1 amide bonds. The Balaban J connectivity index is 1.73. The number of fused-ring (bicyclic) bond motifs is 1. The minimum Gasteiger partial charge on any atom is -0.324 e. The quantitative estimate of drug-likeness (QED) is 0.923. The molecule has 1 aliphatic heterocycles. The second kappa shape index (κ2) is 6.49. The molecule has 128 valence electrons. The van der Waals surface area contributed by atoms with E-state index < -0.39 is 10.0 Å². The van der Waals surface area contributed by atoms with Gasteiger partial charge in [0.05, 0.1) is 17.5 Å². The molecule has 1 N–H and O–H groups in total. The molecule has 0 unspecified atom stereocenters. The summed E-state index contributed by atoms with van der Waals surface area (Å²) in [6.07, 6.45) is 2.28. The highest BCUT2D eigenvalue weighted by Gasteiger charge is 2.29. The number of nitrogens with one attached hydrogen (secondary N) is 1. The zero-order chi connectivity index (χ0) is 17.3. The van der Waals surface area contributed by atoms with Crippen LogP contribution >= 0.6 is 0 Å². The van der Waals surface area contributed by atoms with Crippen molar-refractivity contribution in [3.63, 3.8) is 0 Å². The Hall–Kier alpha value is -1.99. The maximum absolute atomic E-state index is 12.5. The average molecular weight is 347 g/mol. The lowest BCUT2D eigenvalue weighted by Gasteiger charge is -2.29. The first kappa shape index (κ1) is 16.9. The van der Waals surface area contributed by atoms with Crippen molar-refractivity contribution in [3.8, 4) is 0 Å². The number of aryl methyl sites for hydroxylation is 1. The number of pyridine rings is 1. The molecule has 24 heavy (non-hydrogen) atoms. The van der Waals surface area contributed by atoms with Gasteiger partial charge in [-0.1, -0.05) is 18.2 Å². The van der Waals surface area contributed by atoms with Crippen LogP contribution in [0, 0.1) is 12.8 Å². The molecule has 0 atom stereocenters. The first-order valence-electron chi connectivity index (χ1n) is 7.97. The molecule has 0 radical (unpaired) electrons. The third-order valence-electron chi connectivity index (χ3n) is 4.41. The van der Waals surface area contributed by atoms with Crippen molar-refractivity contribution in [1.82, 2.24) is 9.29 Å². The van der Waals surface area contributed by atoms with E-state index >= 15 is 0 Å². The Morgan fingerprint density at radius 1 is 1.21 bits per heavy atom. The number of carbonyl (C=O) groups is 1. The molecule has 0 spiro atoms. The van der Waals surface area contributed by atoms with Crippen LogP contribution in [0.5, 0.6) is 0 Å². The van der Waals surface area contributed by atoms with E-state index in [-0.39, 0.29) is 11.8 Å². The first-order chi connectivity index (χ1) is 11.3. The van der Waals surface area contributed by atoms with E-state index in [1.165, 1.54) is 10.6 Å². The summed E-state index contributed by atoms with van der Waals surface area (Å²) in [5.74, 6) is -0.248. The number of anilines is 1. The van der Waals surface area contributed by atoms with E-state index in [1.807, 2.05) is 37.3 Å². The molecule has 1 aromatic carbocycles. The Morgan fingerprint density at radius 2 is 1.92 bits per heavy atom. The SMILES string of the molecule is Cc1ccc2cccc(NC(=O)C3CCN(S(C)(=O)=O)CC3)c2n1. The van der Waals surface area contributed by atoms with Gasteiger partial charge in [-0.3, -0.25) is 9.78 Å². The van der Waals surface area contributed by atoms with Gasteiger partial charge in [-0.25, -0.2) is 12.7 Å². The number of rotatable bonds is 3. The number of benzene rings is 1. The zero-order valence-electron chi connectivity index (χ0n) is 13.8. The van der Waals surface area contributed by atoms with Crippen LogP contribution in [0.3, 0.4) is 0 Å². The van der Waals surface area contributed by atoms with Crippen LogP contribution in [-0.2, 0) is 14.8 Å². The number of nitrogens with zero attached hydrogens (tertiary/aromatic N) is 2. The summed E-state index contributed by atoms with van der Waals surface area (Å²) in [5, 5.41) is 3.94. The van der Waals surface area contributed by atoms with Gasteiger partial charge in [-0.05, 0) is 31.9 Å². The molecule has 3 rings (SSSR count). The van der Waals surface area contributed by atoms with Crippen LogP contribution < -0.4 is 5.32 Å². The van der Waals surface area contributed by atoms with Crippen molar-refractivity contribution >= 4 is 32.5 Å². The van der Waals surface area contributed by atoms with E-state index in [2.05, 4.69) is 10.3 Å². The van der Waals surface area contributed by atoms with Crippen molar-refractivity contribution in [2.45, 2.75) is 19.8 Å². The molecule has 1 aromatic heterocycles. The van der Waals surface area contributed by atoms with E-state index in [0.29, 0.717) is 31.6 Å². The fourth-order valence-corrected chi connectivity index (χ4v) is 3.90. The number of hydrogen-bond acceptors (Lipinski definition) is 4. The minimum absolute atomic E-state index is 0.0704. The van der Waals surface area contributed by atoms with Crippen LogP contribution in [0.4, 0.5) is 5.69 Å². The van der Waals surface area contributed by atoms with E-state index in [1.54, 1.807) is 0 Å². The smallest absolute Gasteiger partial charge is 0.227 e. The number of sulfonamides is 1. The fourth-order valence-electron chi connectivity index (χ4n) is 3.03. The van der Waals surface area contributed by atoms with Gasteiger partial charge < -0.3 is 5.32 Å². The summed E-state index contributed by atoms with van der Waals surface area (Å²) in [4.78, 5) is 17.1. The molecule has 1 aliphatic rings. The molecule has 6 nitrogen and oxygen atoms in total. The predicted molar refractivity (Wildman–Crippen MR) is 94.3 cm³/mol. The van der Waals surface area contributed by atoms with Gasteiger partial charge in [-0.2, -0.15) is 0 Å². The third-order valence-corrected chi connectivity index (χ3v) is 5.71. The fraction of sp³-hybridized carbons (Fsp3) is 0.412. The Morgan fingerprint density at radius 3 is 2.58 bits per heavy atom. The summed E-state index contributed by atoms with van der Waals surface area (Å²) in [7, 11) is -3.18. The molecule has 0 bridgehead atoms. The number of aromatic nitrogens is 1. The third kappa shape index (κ3) is 3.57. The van der Waals surface area contributed by atoms with Crippen LogP contribution in [0.1, 0.15) is 18.5 Å². The van der Waals surface area contributed by atoms with Gasteiger partial charge in [-0.15, -0.1) is 0 Å². The monoisotopic (exact) mass is 347 g/mol. The Kier molecular flexibility index (Phi) is 4.56. The molecular formula is C17H21N3O3S. The summed E-state index contributed by atoms with van der Waals surface area (Å²) < 4.78 is 24.5. The highest BCUT2D eigenvalue weighted by molar-refractivity contribution is 7.88. The van der Waals surface area contributed by atoms with E-state index in [0.717, 1.165) is 16.6 Å². The maximum atomic E-state index is 12.5. The molecule has 2 heterocycles. The summed E-state index contributed by atoms with van der Waals surface area (Å²) >= 11 is 0. The van der Waals surface area contributed by atoms with Crippen LogP contribution in [0.2, 0.25) is 0 Å². The summed E-state index contributed by atoms with van der Waals surface area (Å²) in [6, 6.07) is 9.62. The second-order valence-electron chi connectivity index (χ2n) is 6.26. The topological polar surface area (TPSA) is 79.4 Å². The number of carbonyl (C=O) groups excluding carboxylic acids is 1. The lowest BCUT2D eigenvalue weighted by Crippen LogP contribution is -2.40. The maximum Gasteiger partial charge on any atom is 0.227 e. The first-order valence-corrected chi connectivity index (χ1v) is 9.82. The number of amides is 1. The number of hydrogen-bond donors (Lipinski definition) is 1. The molecule has 2 aromatic rings. The van der Waals surface area contributed by atoms with Crippen molar-refractivity contribution in [2.75, 3.05) is 24.7 Å². The van der Waals surface area contributed by atoms with Crippen LogP contribution in [0.25, 0.3) is 10.9 Å². The van der Waals surface area contributed by atoms with Crippen molar-refractivity contribution in [1.29, 1.82) is 0 Å². The molecule has 1 saturated heterocycles. The summed E-state index contributed by atoms with van der Waals surface area (Å²) in [5.41, 5.74) is 2.37. The van der Waals surface area contributed by atoms with Gasteiger partial charge in [0.25, 0.3) is 0 Å². The zero-order valence-corrected chi connectivity index (χ0v) is 14.6.